The molecule has 8 rings (SSSR count). The maximum Gasteiger partial charge on any atom is 0.0491 e. The smallest absolute Gasteiger partial charge is 0.0491 e. The molecule has 0 radical (unpaired) electrons. The quantitative estimate of drug-likeness (QED) is 0.163. The SMILES string of the molecule is CCn1c2ccccc2c2cc(C=Cc3ccc(-c4ccc(/C=C\c5ccc6c(c5)c5ccccc5n6CC)cc4)cc3)ccc21. The molecule has 0 atom stereocenters. The molecule has 2 heteroatoms. The van der Waals surface area contributed by atoms with E-state index in [1.165, 1.54) is 77.0 Å². The lowest BCUT2D eigenvalue weighted by Gasteiger charge is -2.04. The van der Waals surface area contributed by atoms with Gasteiger partial charge in [-0.05, 0) is 83.6 Å². The van der Waals surface area contributed by atoms with Crippen LogP contribution in [0.25, 0.3) is 79.0 Å². The summed E-state index contributed by atoms with van der Waals surface area (Å²) in [4.78, 5) is 0. The molecule has 2 nitrogen and oxygen atoms in total. The zero-order valence-electron chi connectivity index (χ0n) is 26.3. The molecule has 0 spiro atoms. The monoisotopic (exact) mass is 592 g/mol. The molecule has 8 aromatic rings. The van der Waals surface area contributed by atoms with Crippen molar-refractivity contribution in [2.75, 3.05) is 0 Å². The van der Waals surface area contributed by atoms with Crippen molar-refractivity contribution in [2.24, 2.45) is 0 Å². The van der Waals surface area contributed by atoms with Crippen LogP contribution in [0.3, 0.4) is 0 Å². The highest BCUT2D eigenvalue weighted by atomic mass is 15.0. The minimum absolute atomic E-state index is 0.966. The second-order valence-electron chi connectivity index (χ2n) is 12.0. The van der Waals surface area contributed by atoms with Crippen molar-refractivity contribution in [1.29, 1.82) is 0 Å². The fourth-order valence-electron chi connectivity index (χ4n) is 6.99. The maximum absolute atomic E-state index is 2.40. The number of hydrogen-bond acceptors (Lipinski definition) is 0. The first-order valence-corrected chi connectivity index (χ1v) is 16.3. The predicted octanol–water partition coefficient (Wildman–Crippen LogP) is 11.9. The van der Waals surface area contributed by atoms with E-state index >= 15 is 0 Å². The molecule has 0 amide bonds. The van der Waals surface area contributed by atoms with Crippen LogP contribution in [-0.2, 0) is 13.1 Å². The lowest BCUT2D eigenvalue weighted by Crippen LogP contribution is -1.92. The highest BCUT2D eigenvalue weighted by molar-refractivity contribution is 6.09. The number of rotatable bonds is 7. The van der Waals surface area contributed by atoms with Crippen molar-refractivity contribution in [1.82, 2.24) is 9.13 Å². The highest BCUT2D eigenvalue weighted by Gasteiger charge is 2.10. The van der Waals surface area contributed by atoms with E-state index in [4.69, 9.17) is 0 Å². The van der Waals surface area contributed by atoms with Gasteiger partial charge in [-0.25, -0.2) is 0 Å². The fourth-order valence-corrected chi connectivity index (χ4v) is 6.99. The van der Waals surface area contributed by atoms with Crippen LogP contribution in [0.2, 0.25) is 0 Å². The minimum atomic E-state index is 0.966. The summed E-state index contributed by atoms with van der Waals surface area (Å²) >= 11 is 0. The third-order valence-electron chi connectivity index (χ3n) is 9.32. The van der Waals surface area contributed by atoms with Gasteiger partial charge in [0.05, 0.1) is 0 Å². The molecule has 6 aromatic carbocycles. The summed E-state index contributed by atoms with van der Waals surface area (Å²) in [5.74, 6) is 0. The van der Waals surface area contributed by atoms with E-state index in [0.29, 0.717) is 0 Å². The molecule has 0 aliphatic rings. The summed E-state index contributed by atoms with van der Waals surface area (Å²) in [6, 6.07) is 48.6. The number of nitrogens with zero attached hydrogens (tertiary/aromatic N) is 2. The molecule has 0 aliphatic heterocycles. The largest absolute Gasteiger partial charge is 0.341 e. The zero-order chi connectivity index (χ0) is 31.0. The van der Waals surface area contributed by atoms with Gasteiger partial charge in [-0.15, -0.1) is 0 Å². The van der Waals surface area contributed by atoms with Gasteiger partial charge in [0.25, 0.3) is 0 Å². The third kappa shape index (κ3) is 4.93. The number of aromatic nitrogens is 2. The summed E-state index contributed by atoms with van der Waals surface area (Å²) < 4.78 is 4.79. The van der Waals surface area contributed by atoms with E-state index in [0.717, 1.165) is 13.1 Å². The van der Waals surface area contributed by atoms with E-state index in [9.17, 15) is 0 Å². The Morgan fingerprint density at radius 3 is 1.13 bits per heavy atom. The van der Waals surface area contributed by atoms with E-state index in [1.54, 1.807) is 0 Å². The van der Waals surface area contributed by atoms with E-state index in [1.807, 2.05) is 0 Å². The third-order valence-corrected chi connectivity index (χ3v) is 9.32. The van der Waals surface area contributed by atoms with Crippen LogP contribution in [0.1, 0.15) is 36.1 Å². The van der Waals surface area contributed by atoms with Gasteiger partial charge in [0.1, 0.15) is 0 Å². The first-order chi connectivity index (χ1) is 22.7. The first-order valence-electron chi connectivity index (χ1n) is 16.3. The summed E-state index contributed by atoms with van der Waals surface area (Å²) in [6.45, 7) is 6.36. The van der Waals surface area contributed by atoms with Gasteiger partial charge in [0.2, 0.25) is 0 Å². The fraction of sp³-hybridized carbons (Fsp3) is 0.0909. The highest BCUT2D eigenvalue weighted by Crippen LogP contribution is 2.32. The molecule has 222 valence electrons. The molecule has 0 bridgehead atoms. The number of hydrogen-bond donors (Lipinski definition) is 0. The van der Waals surface area contributed by atoms with Crippen molar-refractivity contribution >= 4 is 67.9 Å². The van der Waals surface area contributed by atoms with E-state index in [-0.39, 0.29) is 0 Å². The maximum atomic E-state index is 2.40. The van der Waals surface area contributed by atoms with E-state index < -0.39 is 0 Å². The lowest BCUT2D eigenvalue weighted by atomic mass is 10.0. The Morgan fingerprint density at radius 1 is 0.370 bits per heavy atom. The molecular weight excluding hydrogens is 556 g/mol. The summed E-state index contributed by atoms with van der Waals surface area (Å²) in [6.07, 6.45) is 8.84. The molecule has 2 heterocycles. The first kappa shape index (κ1) is 27.9. The van der Waals surface area contributed by atoms with Crippen LogP contribution < -0.4 is 0 Å². The second-order valence-corrected chi connectivity index (χ2v) is 12.0. The summed E-state index contributed by atoms with van der Waals surface area (Å²) in [5, 5.41) is 5.26. The van der Waals surface area contributed by atoms with Gasteiger partial charge < -0.3 is 9.13 Å². The van der Waals surface area contributed by atoms with Crippen molar-refractivity contribution in [2.45, 2.75) is 26.9 Å². The van der Waals surface area contributed by atoms with Crippen LogP contribution in [0.15, 0.2) is 133 Å². The molecule has 0 saturated carbocycles. The van der Waals surface area contributed by atoms with Crippen LogP contribution in [-0.4, -0.2) is 9.13 Å². The van der Waals surface area contributed by atoms with Gasteiger partial charge in [-0.2, -0.15) is 0 Å². The molecule has 0 N–H and O–H groups in total. The Bertz CT molecular complexity index is 2240. The second kappa shape index (κ2) is 11.7. The normalized spacial score (nSPS) is 12.1. The van der Waals surface area contributed by atoms with Gasteiger partial charge in [0, 0.05) is 56.7 Å². The molecular formula is C44H36N2. The summed E-state index contributed by atoms with van der Waals surface area (Å²) in [5.41, 5.74) is 12.5. The lowest BCUT2D eigenvalue weighted by molar-refractivity contribution is 0.827. The van der Waals surface area contributed by atoms with Crippen LogP contribution in [0.4, 0.5) is 0 Å². The average molecular weight is 593 g/mol. The number of fused-ring (bicyclic) bond motifs is 6. The van der Waals surface area contributed by atoms with Gasteiger partial charge >= 0.3 is 0 Å². The number of para-hydroxylation sites is 2. The van der Waals surface area contributed by atoms with Crippen molar-refractivity contribution in [3.05, 3.63) is 156 Å². The molecule has 0 unspecified atom stereocenters. The average Bonchev–Trinajstić information content (AvgIpc) is 3.61. The van der Waals surface area contributed by atoms with Crippen molar-refractivity contribution < 1.29 is 0 Å². The minimum Gasteiger partial charge on any atom is -0.341 e. The molecule has 0 saturated heterocycles. The number of benzene rings is 6. The van der Waals surface area contributed by atoms with Crippen molar-refractivity contribution in [3.8, 4) is 11.1 Å². The van der Waals surface area contributed by atoms with Gasteiger partial charge in [0.15, 0.2) is 0 Å². The summed E-state index contributed by atoms with van der Waals surface area (Å²) in [7, 11) is 0. The van der Waals surface area contributed by atoms with Crippen molar-refractivity contribution in [3.63, 3.8) is 0 Å². The molecule has 2 aromatic heterocycles. The van der Waals surface area contributed by atoms with Gasteiger partial charge in [-0.1, -0.05) is 121 Å². The Hall–Kier alpha value is -5.60. The molecule has 46 heavy (non-hydrogen) atoms. The Kier molecular flexibility index (Phi) is 7.11. The number of aryl methyl sites for hydroxylation is 2. The van der Waals surface area contributed by atoms with E-state index in [2.05, 4.69) is 181 Å². The van der Waals surface area contributed by atoms with Crippen LogP contribution >= 0.6 is 0 Å². The zero-order valence-corrected chi connectivity index (χ0v) is 26.3. The van der Waals surface area contributed by atoms with Gasteiger partial charge in [-0.3, -0.25) is 0 Å². The van der Waals surface area contributed by atoms with Crippen LogP contribution in [0.5, 0.6) is 0 Å². The molecule has 0 fully saturated rings. The molecule has 0 aliphatic carbocycles. The Morgan fingerprint density at radius 2 is 0.717 bits per heavy atom. The van der Waals surface area contributed by atoms with Crippen LogP contribution in [0, 0.1) is 0 Å². The topological polar surface area (TPSA) is 9.86 Å². The Balaban J connectivity index is 0.979. The standard InChI is InChI=1S/C44H36N2/c1-3-45-41-11-7-5-9-37(41)39-29-33(21-27-43(39)45)15-13-31-17-23-35(24-18-31)36-25-19-32(20-26-36)14-16-34-22-28-44-40(30-34)38-10-6-8-12-42(38)46(44)4-2/h5-30H,3-4H2,1-2H3/b15-13-,16-14?. The predicted molar refractivity (Wildman–Crippen MR) is 200 cm³/mol. The Labute approximate surface area is 270 Å².